The molecule has 1 N–H and O–H groups in total. The Balaban J connectivity index is 3.21. The molecule has 19 heavy (non-hydrogen) atoms. The Kier molecular flexibility index (Phi) is 5.42. The molecular weight excluding hydrogens is 282 g/mol. The highest BCUT2D eigenvalue weighted by Crippen LogP contribution is 2.23. The van der Waals surface area contributed by atoms with E-state index in [9.17, 15) is 8.42 Å². The highest BCUT2D eigenvalue weighted by molar-refractivity contribution is 7.89. The van der Waals surface area contributed by atoms with Crippen LogP contribution in [0, 0.1) is 13.8 Å². The Hall–Kier alpha value is -0.580. The summed E-state index contributed by atoms with van der Waals surface area (Å²) in [7, 11) is -3.54. The number of rotatable bonds is 6. The van der Waals surface area contributed by atoms with Gasteiger partial charge in [-0.3, -0.25) is 0 Å². The summed E-state index contributed by atoms with van der Waals surface area (Å²) < 4.78 is 27.8. The summed E-state index contributed by atoms with van der Waals surface area (Å²) in [5.74, 6) is 0.268. The fraction of sp³-hybridized carbons (Fsp3) is 0.571. The van der Waals surface area contributed by atoms with Gasteiger partial charge in [0.25, 0.3) is 0 Å². The maximum Gasteiger partial charge on any atom is 0.241 e. The van der Waals surface area contributed by atoms with E-state index in [-0.39, 0.29) is 5.88 Å². The van der Waals surface area contributed by atoms with Crippen LogP contribution in [-0.2, 0) is 10.0 Å². The number of alkyl halides is 1. The molecule has 3 nitrogen and oxygen atoms in total. The number of halogens is 1. The van der Waals surface area contributed by atoms with E-state index in [4.69, 9.17) is 11.6 Å². The Morgan fingerprint density at radius 1 is 1.21 bits per heavy atom. The Morgan fingerprint density at radius 3 is 2.26 bits per heavy atom. The van der Waals surface area contributed by atoms with E-state index in [0.717, 1.165) is 11.1 Å². The average Bonchev–Trinajstić information content (AvgIpc) is 2.39. The monoisotopic (exact) mass is 303 g/mol. The third-order valence-corrected chi connectivity index (χ3v) is 5.83. The molecule has 0 spiro atoms. The summed E-state index contributed by atoms with van der Waals surface area (Å²) in [5.41, 5.74) is 1.10. The van der Waals surface area contributed by atoms with E-state index in [1.165, 1.54) is 0 Å². The van der Waals surface area contributed by atoms with Gasteiger partial charge in [-0.1, -0.05) is 26.0 Å². The normalized spacial score (nSPS) is 12.7. The van der Waals surface area contributed by atoms with Crippen molar-refractivity contribution in [3.63, 3.8) is 0 Å². The highest BCUT2D eigenvalue weighted by Gasteiger charge is 2.31. The molecule has 1 aromatic carbocycles. The molecule has 0 bridgehead atoms. The zero-order chi connectivity index (χ0) is 14.7. The summed E-state index contributed by atoms with van der Waals surface area (Å²) in [5, 5.41) is 0. The molecule has 0 radical (unpaired) electrons. The van der Waals surface area contributed by atoms with Gasteiger partial charge in [-0.05, 0) is 43.9 Å². The van der Waals surface area contributed by atoms with Crippen LogP contribution in [0.5, 0.6) is 0 Å². The third kappa shape index (κ3) is 3.71. The Labute approximate surface area is 121 Å². The molecule has 0 amide bonds. The SMILES string of the molecule is CCC(CC)(CCl)NS(=O)(=O)c1cc(C)ccc1C. The van der Waals surface area contributed by atoms with Crippen molar-refractivity contribution in [2.45, 2.75) is 51.0 Å². The first-order valence-corrected chi connectivity index (χ1v) is 8.49. The van der Waals surface area contributed by atoms with Crippen LogP contribution in [-0.4, -0.2) is 19.8 Å². The largest absolute Gasteiger partial charge is 0.241 e. The predicted molar refractivity (Wildman–Crippen MR) is 80.3 cm³/mol. The molecule has 0 aromatic heterocycles. The van der Waals surface area contributed by atoms with Gasteiger partial charge in [0, 0.05) is 11.4 Å². The minimum atomic E-state index is -3.54. The smallest absolute Gasteiger partial charge is 0.207 e. The average molecular weight is 304 g/mol. The maximum absolute atomic E-state index is 12.5. The number of sulfonamides is 1. The Bertz CT molecular complexity index is 528. The second kappa shape index (κ2) is 6.25. The number of nitrogens with one attached hydrogen (secondary N) is 1. The van der Waals surface area contributed by atoms with Crippen molar-refractivity contribution in [2.24, 2.45) is 0 Å². The molecule has 0 atom stereocenters. The van der Waals surface area contributed by atoms with Crippen molar-refractivity contribution in [3.05, 3.63) is 29.3 Å². The molecule has 0 saturated heterocycles. The minimum Gasteiger partial charge on any atom is -0.207 e. The summed E-state index contributed by atoms with van der Waals surface area (Å²) >= 11 is 5.96. The topological polar surface area (TPSA) is 46.2 Å². The van der Waals surface area contributed by atoms with E-state index < -0.39 is 15.6 Å². The molecule has 0 unspecified atom stereocenters. The van der Waals surface area contributed by atoms with Gasteiger partial charge in [-0.15, -0.1) is 11.6 Å². The van der Waals surface area contributed by atoms with Gasteiger partial charge >= 0.3 is 0 Å². The van der Waals surface area contributed by atoms with Gasteiger partial charge in [0.1, 0.15) is 0 Å². The number of aryl methyl sites for hydroxylation is 2. The molecule has 0 saturated carbocycles. The first-order valence-electron chi connectivity index (χ1n) is 6.47. The molecule has 0 heterocycles. The second-order valence-electron chi connectivity index (χ2n) is 5.00. The van der Waals surface area contributed by atoms with Gasteiger partial charge < -0.3 is 0 Å². The first-order chi connectivity index (χ1) is 8.80. The molecule has 0 aliphatic carbocycles. The van der Waals surface area contributed by atoms with Crippen LogP contribution in [0.2, 0.25) is 0 Å². The van der Waals surface area contributed by atoms with E-state index in [0.29, 0.717) is 17.7 Å². The lowest BCUT2D eigenvalue weighted by atomic mass is 9.97. The van der Waals surface area contributed by atoms with Crippen molar-refractivity contribution in [1.29, 1.82) is 0 Å². The summed E-state index contributed by atoms with van der Waals surface area (Å²) in [6.07, 6.45) is 1.33. The van der Waals surface area contributed by atoms with Gasteiger partial charge in [-0.25, -0.2) is 13.1 Å². The summed E-state index contributed by atoms with van der Waals surface area (Å²) in [6.45, 7) is 7.57. The van der Waals surface area contributed by atoms with Crippen molar-refractivity contribution in [2.75, 3.05) is 5.88 Å². The molecule has 1 aromatic rings. The zero-order valence-electron chi connectivity index (χ0n) is 12.0. The van der Waals surface area contributed by atoms with Crippen molar-refractivity contribution >= 4 is 21.6 Å². The van der Waals surface area contributed by atoms with Crippen molar-refractivity contribution in [1.82, 2.24) is 4.72 Å². The van der Waals surface area contributed by atoms with Crippen molar-refractivity contribution in [3.8, 4) is 0 Å². The van der Waals surface area contributed by atoms with Crippen LogP contribution in [0.3, 0.4) is 0 Å². The zero-order valence-corrected chi connectivity index (χ0v) is 13.5. The lowest BCUT2D eigenvalue weighted by molar-refractivity contribution is 0.394. The van der Waals surface area contributed by atoms with Crippen LogP contribution >= 0.6 is 11.6 Å². The first kappa shape index (κ1) is 16.5. The van der Waals surface area contributed by atoms with Crippen LogP contribution in [0.1, 0.15) is 37.8 Å². The van der Waals surface area contributed by atoms with Crippen molar-refractivity contribution < 1.29 is 8.42 Å². The van der Waals surface area contributed by atoms with Gasteiger partial charge in [0.05, 0.1) is 4.90 Å². The molecule has 5 heteroatoms. The molecular formula is C14H22ClNO2S. The molecule has 0 aliphatic rings. The Morgan fingerprint density at radius 2 is 1.79 bits per heavy atom. The number of hydrogen-bond donors (Lipinski definition) is 1. The molecule has 108 valence electrons. The molecule has 1 rings (SSSR count). The maximum atomic E-state index is 12.5. The van der Waals surface area contributed by atoms with Gasteiger partial charge in [-0.2, -0.15) is 0 Å². The van der Waals surface area contributed by atoms with E-state index in [2.05, 4.69) is 4.72 Å². The quantitative estimate of drug-likeness (QED) is 0.819. The van der Waals surface area contributed by atoms with Crippen LogP contribution in [0.4, 0.5) is 0 Å². The van der Waals surface area contributed by atoms with Gasteiger partial charge in [0.2, 0.25) is 10.0 Å². The van der Waals surface area contributed by atoms with Gasteiger partial charge in [0.15, 0.2) is 0 Å². The minimum absolute atomic E-state index is 0.268. The standard InChI is InChI=1S/C14H22ClNO2S/c1-5-14(6-2,10-15)16-19(17,18)13-9-11(3)7-8-12(13)4/h7-9,16H,5-6,10H2,1-4H3. The molecule has 0 aliphatic heterocycles. The second-order valence-corrected chi connectivity index (χ2v) is 6.91. The fourth-order valence-electron chi connectivity index (χ4n) is 1.95. The van der Waals surface area contributed by atoms with Crippen LogP contribution < -0.4 is 4.72 Å². The third-order valence-electron chi connectivity index (χ3n) is 3.59. The predicted octanol–water partition coefficient (Wildman–Crippen LogP) is 3.38. The highest BCUT2D eigenvalue weighted by atomic mass is 35.5. The summed E-state index contributed by atoms with van der Waals surface area (Å²) in [6, 6.07) is 5.43. The van der Waals surface area contributed by atoms with Crippen LogP contribution in [0.15, 0.2) is 23.1 Å². The van der Waals surface area contributed by atoms with E-state index in [1.807, 2.05) is 32.9 Å². The lowest BCUT2D eigenvalue weighted by Gasteiger charge is -2.30. The fourth-order valence-corrected chi connectivity index (χ4v) is 4.35. The van der Waals surface area contributed by atoms with E-state index in [1.54, 1.807) is 13.0 Å². The molecule has 0 fully saturated rings. The number of benzene rings is 1. The van der Waals surface area contributed by atoms with Crippen LogP contribution in [0.25, 0.3) is 0 Å². The number of hydrogen-bond acceptors (Lipinski definition) is 2. The van der Waals surface area contributed by atoms with E-state index >= 15 is 0 Å². The summed E-state index contributed by atoms with van der Waals surface area (Å²) in [4.78, 5) is 0.337. The lowest BCUT2D eigenvalue weighted by Crippen LogP contribution is -2.49.